The first-order valence-electron chi connectivity index (χ1n) is 8.63. The van der Waals surface area contributed by atoms with Crippen LogP contribution in [-0.2, 0) is 6.54 Å². The van der Waals surface area contributed by atoms with E-state index in [1.807, 2.05) is 66.7 Å². The molecule has 7 nitrogen and oxygen atoms in total. The molecule has 0 aliphatic rings. The molecule has 2 aromatic carbocycles. The summed E-state index contributed by atoms with van der Waals surface area (Å²) in [4.78, 5) is 16.5. The van der Waals surface area contributed by atoms with Gasteiger partial charge in [0.2, 0.25) is 0 Å². The number of rotatable bonds is 6. The van der Waals surface area contributed by atoms with E-state index in [9.17, 15) is 4.79 Å². The predicted molar refractivity (Wildman–Crippen MR) is 101 cm³/mol. The van der Waals surface area contributed by atoms with Crippen molar-refractivity contribution in [3.05, 3.63) is 85.1 Å². The van der Waals surface area contributed by atoms with E-state index in [1.165, 1.54) is 6.33 Å². The van der Waals surface area contributed by atoms with Crippen LogP contribution < -0.4 is 5.32 Å². The number of nitrogens with one attached hydrogen (secondary N) is 1. The summed E-state index contributed by atoms with van der Waals surface area (Å²) in [6.45, 7) is 0.998. The smallest absolute Gasteiger partial charge is 0.271 e. The zero-order valence-electron chi connectivity index (χ0n) is 14.6. The zero-order chi connectivity index (χ0) is 18.5. The van der Waals surface area contributed by atoms with Gasteiger partial charge in [0.15, 0.2) is 5.69 Å². The molecular weight excluding hydrogens is 340 g/mol. The lowest BCUT2D eigenvalue weighted by Crippen LogP contribution is -2.27. The highest BCUT2D eigenvalue weighted by molar-refractivity contribution is 5.93. The molecule has 134 valence electrons. The third-order valence-electron chi connectivity index (χ3n) is 4.11. The monoisotopic (exact) mass is 358 g/mol. The molecular formula is C20H18N6O. The second-order valence-corrected chi connectivity index (χ2v) is 5.94. The summed E-state index contributed by atoms with van der Waals surface area (Å²) in [6.07, 6.45) is 3.08. The first kappa shape index (κ1) is 16.7. The number of benzene rings is 2. The fraction of sp³-hybridized carbons (Fsp3) is 0.100. The van der Waals surface area contributed by atoms with E-state index in [4.69, 9.17) is 0 Å². The molecule has 0 radical (unpaired) electrons. The Labute approximate surface area is 156 Å². The summed E-state index contributed by atoms with van der Waals surface area (Å²) >= 11 is 0. The summed E-state index contributed by atoms with van der Waals surface area (Å²) in [7, 11) is 0. The minimum atomic E-state index is -0.220. The van der Waals surface area contributed by atoms with E-state index >= 15 is 0 Å². The summed E-state index contributed by atoms with van der Waals surface area (Å²) in [6, 6.07) is 21.5. The van der Waals surface area contributed by atoms with Gasteiger partial charge in [-0.25, -0.2) is 9.67 Å². The highest BCUT2D eigenvalue weighted by Gasteiger charge is 2.16. The van der Waals surface area contributed by atoms with Crippen molar-refractivity contribution in [3.63, 3.8) is 0 Å². The first-order valence-corrected chi connectivity index (χ1v) is 8.63. The minimum Gasteiger partial charge on any atom is -0.349 e. The van der Waals surface area contributed by atoms with Gasteiger partial charge < -0.3 is 5.32 Å². The van der Waals surface area contributed by atoms with Gasteiger partial charge in [0.25, 0.3) is 5.91 Å². The van der Waals surface area contributed by atoms with Crippen LogP contribution in [0, 0.1) is 0 Å². The Morgan fingerprint density at radius 2 is 1.74 bits per heavy atom. The summed E-state index contributed by atoms with van der Waals surface area (Å²) in [5, 5.41) is 11.4. The molecule has 27 heavy (non-hydrogen) atoms. The van der Waals surface area contributed by atoms with Crippen molar-refractivity contribution < 1.29 is 4.79 Å². The normalized spacial score (nSPS) is 10.7. The molecule has 7 heteroatoms. The maximum Gasteiger partial charge on any atom is 0.271 e. The van der Waals surface area contributed by atoms with Crippen LogP contribution in [0.3, 0.4) is 0 Å². The van der Waals surface area contributed by atoms with Gasteiger partial charge >= 0.3 is 0 Å². The number of aromatic nitrogens is 5. The molecule has 2 aromatic heterocycles. The van der Waals surface area contributed by atoms with E-state index in [2.05, 4.69) is 20.5 Å². The molecule has 1 N–H and O–H groups in total. The third-order valence-corrected chi connectivity index (χ3v) is 4.11. The van der Waals surface area contributed by atoms with Crippen LogP contribution in [0.4, 0.5) is 0 Å². The summed E-state index contributed by atoms with van der Waals surface area (Å²) in [5.41, 5.74) is 3.13. The Morgan fingerprint density at radius 3 is 2.44 bits per heavy atom. The number of carbonyl (C=O) groups excluding carboxylic acids is 1. The van der Waals surface area contributed by atoms with Crippen molar-refractivity contribution in [2.75, 3.05) is 6.54 Å². The first-order chi connectivity index (χ1) is 13.3. The van der Waals surface area contributed by atoms with Crippen molar-refractivity contribution in [1.29, 1.82) is 0 Å². The molecule has 0 saturated heterocycles. The number of para-hydroxylation sites is 1. The average molecular weight is 358 g/mol. The van der Waals surface area contributed by atoms with Gasteiger partial charge in [-0.15, -0.1) is 0 Å². The van der Waals surface area contributed by atoms with E-state index in [-0.39, 0.29) is 5.91 Å². The third kappa shape index (κ3) is 3.77. The Bertz CT molecular complexity index is 952. The predicted octanol–water partition coefficient (Wildman–Crippen LogP) is 2.56. The molecule has 0 aliphatic carbocycles. The Morgan fingerprint density at radius 1 is 1.00 bits per heavy atom. The quantitative estimate of drug-likeness (QED) is 0.575. The molecule has 0 atom stereocenters. The highest BCUT2D eigenvalue weighted by Crippen LogP contribution is 2.23. The molecule has 1 amide bonds. The van der Waals surface area contributed by atoms with Gasteiger partial charge in [-0.3, -0.25) is 9.48 Å². The summed E-state index contributed by atoms with van der Waals surface area (Å²) < 4.78 is 3.46. The lowest BCUT2D eigenvalue weighted by molar-refractivity contribution is 0.0946. The second-order valence-electron chi connectivity index (χ2n) is 5.94. The van der Waals surface area contributed by atoms with Crippen molar-refractivity contribution in [1.82, 2.24) is 29.9 Å². The van der Waals surface area contributed by atoms with Crippen LogP contribution in [0.2, 0.25) is 0 Å². The number of hydrogen-bond acceptors (Lipinski definition) is 4. The van der Waals surface area contributed by atoms with Crippen LogP contribution in [0.5, 0.6) is 0 Å². The summed E-state index contributed by atoms with van der Waals surface area (Å²) in [5.74, 6) is -0.220. The number of carbonyl (C=O) groups is 1. The van der Waals surface area contributed by atoms with Crippen molar-refractivity contribution in [2.24, 2.45) is 0 Å². The maximum absolute atomic E-state index is 12.6. The molecule has 0 fully saturated rings. The van der Waals surface area contributed by atoms with Crippen LogP contribution in [0.15, 0.2) is 79.4 Å². The van der Waals surface area contributed by atoms with E-state index in [0.29, 0.717) is 18.8 Å². The van der Waals surface area contributed by atoms with E-state index < -0.39 is 0 Å². The number of amides is 1. The van der Waals surface area contributed by atoms with Crippen LogP contribution in [0.1, 0.15) is 10.5 Å². The van der Waals surface area contributed by atoms with Gasteiger partial charge in [-0.2, -0.15) is 10.2 Å². The lowest BCUT2D eigenvalue weighted by Gasteiger charge is -2.07. The van der Waals surface area contributed by atoms with Gasteiger partial charge in [-0.05, 0) is 18.2 Å². The molecule has 0 bridgehead atoms. The molecule has 0 spiro atoms. The minimum absolute atomic E-state index is 0.220. The maximum atomic E-state index is 12.6. The van der Waals surface area contributed by atoms with Crippen molar-refractivity contribution >= 4 is 5.91 Å². The number of nitrogens with zero attached hydrogens (tertiary/aromatic N) is 5. The molecule has 0 unspecified atom stereocenters. The van der Waals surface area contributed by atoms with Crippen molar-refractivity contribution in [2.45, 2.75) is 6.54 Å². The topological polar surface area (TPSA) is 77.6 Å². The molecule has 0 saturated carbocycles. The standard InChI is InChI=1S/C20H18N6O/c27-20(22-11-12-25-15-21-14-23-25)18-13-19(16-7-3-1-4-8-16)26(24-18)17-9-5-2-6-10-17/h1-10,13-15H,11-12H2,(H,22,27). The highest BCUT2D eigenvalue weighted by atomic mass is 16.1. The van der Waals surface area contributed by atoms with Crippen molar-refractivity contribution in [3.8, 4) is 16.9 Å². The lowest BCUT2D eigenvalue weighted by atomic mass is 10.1. The zero-order valence-corrected chi connectivity index (χ0v) is 14.6. The second kappa shape index (κ2) is 7.65. The Balaban J connectivity index is 1.60. The SMILES string of the molecule is O=C(NCCn1cncn1)c1cc(-c2ccccc2)n(-c2ccccc2)n1. The molecule has 2 heterocycles. The Hall–Kier alpha value is -3.74. The average Bonchev–Trinajstić information content (AvgIpc) is 3.39. The van der Waals surface area contributed by atoms with Crippen LogP contribution in [-0.4, -0.2) is 37.0 Å². The van der Waals surface area contributed by atoms with E-state index in [1.54, 1.807) is 15.7 Å². The van der Waals surface area contributed by atoms with Gasteiger partial charge in [0, 0.05) is 12.1 Å². The van der Waals surface area contributed by atoms with Crippen LogP contribution >= 0.6 is 0 Å². The van der Waals surface area contributed by atoms with Gasteiger partial charge in [0.1, 0.15) is 12.7 Å². The van der Waals surface area contributed by atoms with Gasteiger partial charge in [0.05, 0.1) is 17.9 Å². The van der Waals surface area contributed by atoms with Crippen LogP contribution in [0.25, 0.3) is 16.9 Å². The molecule has 4 rings (SSSR count). The fourth-order valence-corrected chi connectivity index (χ4v) is 2.80. The Kier molecular flexibility index (Phi) is 4.74. The molecule has 0 aliphatic heterocycles. The number of hydrogen-bond donors (Lipinski definition) is 1. The van der Waals surface area contributed by atoms with E-state index in [0.717, 1.165) is 16.9 Å². The molecule has 4 aromatic rings. The fourth-order valence-electron chi connectivity index (χ4n) is 2.80. The van der Waals surface area contributed by atoms with Gasteiger partial charge in [-0.1, -0.05) is 48.5 Å². The largest absolute Gasteiger partial charge is 0.349 e.